The van der Waals surface area contributed by atoms with E-state index in [0.29, 0.717) is 5.82 Å². The molecule has 2 rings (SSSR count). The van der Waals surface area contributed by atoms with Crippen LogP contribution in [0.25, 0.3) is 0 Å². The minimum atomic E-state index is -4.50. The molecule has 0 unspecified atom stereocenters. The fraction of sp³-hybridized carbons (Fsp3) is 0.250. The molecule has 0 fully saturated rings. The first-order valence-electron chi connectivity index (χ1n) is 5.77. The minimum Gasteiger partial charge on any atom is -0.345 e. The number of alkyl halides is 3. The number of hydrogen-bond donors (Lipinski definition) is 1. The van der Waals surface area contributed by atoms with Crippen LogP contribution in [0.15, 0.2) is 29.0 Å². The Bertz CT molecular complexity index is 669. The molecule has 21 heavy (non-hydrogen) atoms. The zero-order chi connectivity index (χ0) is 15.6. The Hall–Kier alpha value is -1.90. The first-order valence-corrected chi connectivity index (χ1v) is 6.56. The number of carbonyl (C=O) groups is 1. The molecular weight excluding hydrogens is 353 g/mol. The van der Waals surface area contributed by atoms with Crippen molar-refractivity contribution in [3.63, 3.8) is 0 Å². The van der Waals surface area contributed by atoms with E-state index in [2.05, 4.69) is 31.3 Å². The molecule has 1 aromatic carbocycles. The predicted molar refractivity (Wildman–Crippen MR) is 71.3 cm³/mol. The normalized spacial score (nSPS) is 11.5. The minimum absolute atomic E-state index is 0.0301. The van der Waals surface area contributed by atoms with Crippen molar-refractivity contribution in [2.45, 2.75) is 12.7 Å². The van der Waals surface area contributed by atoms with E-state index < -0.39 is 17.6 Å². The van der Waals surface area contributed by atoms with E-state index >= 15 is 0 Å². The number of rotatable bonds is 3. The van der Waals surface area contributed by atoms with Gasteiger partial charge < -0.3 is 5.32 Å². The van der Waals surface area contributed by atoms with Gasteiger partial charge in [0.15, 0.2) is 5.82 Å². The maximum Gasteiger partial charge on any atom is 0.416 e. The lowest BCUT2D eigenvalue weighted by atomic mass is 10.1. The van der Waals surface area contributed by atoms with Gasteiger partial charge >= 0.3 is 6.18 Å². The zero-order valence-electron chi connectivity index (χ0n) is 10.8. The van der Waals surface area contributed by atoms with E-state index in [1.165, 1.54) is 17.1 Å². The highest BCUT2D eigenvalue weighted by atomic mass is 79.9. The molecule has 0 saturated heterocycles. The Morgan fingerprint density at radius 1 is 1.43 bits per heavy atom. The summed E-state index contributed by atoms with van der Waals surface area (Å²) >= 11 is 3.06. The quantitative estimate of drug-likeness (QED) is 0.912. The molecule has 0 atom stereocenters. The molecule has 0 bridgehead atoms. The van der Waals surface area contributed by atoms with Crippen LogP contribution in [-0.4, -0.2) is 20.7 Å². The highest BCUT2D eigenvalue weighted by Gasteiger charge is 2.31. The summed E-state index contributed by atoms with van der Waals surface area (Å²) < 4.78 is 39.7. The van der Waals surface area contributed by atoms with E-state index in [1.54, 1.807) is 7.05 Å². The number of hydrogen-bond acceptors (Lipinski definition) is 3. The highest BCUT2D eigenvalue weighted by molar-refractivity contribution is 9.10. The summed E-state index contributed by atoms with van der Waals surface area (Å²) in [7, 11) is 1.67. The Balaban J connectivity index is 2.15. The second-order valence-corrected chi connectivity index (χ2v) is 5.06. The van der Waals surface area contributed by atoms with Crippen LogP contribution in [0.5, 0.6) is 0 Å². The summed E-state index contributed by atoms with van der Waals surface area (Å²) in [4.78, 5) is 15.9. The fourth-order valence-corrected chi connectivity index (χ4v) is 2.02. The molecule has 1 heterocycles. The third-order valence-corrected chi connectivity index (χ3v) is 3.28. The second kappa shape index (κ2) is 5.84. The molecule has 5 nitrogen and oxygen atoms in total. The van der Waals surface area contributed by atoms with E-state index in [0.717, 1.165) is 12.1 Å². The monoisotopic (exact) mass is 362 g/mol. The van der Waals surface area contributed by atoms with Crippen molar-refractivity contribution < 1.29 is 18.0 Å². The van der Waals surface area contributed by atoms with Gasteiger partial charge in [0.1, 0.15) is 6.33 Å². The van der Waals surface area contributed by atoms with E-state index in [9.17, 15) is 18.0 Å². The van der Waals surface area contributed by atoms with Gasteiger partial charge in [0.05, 0.1) is 17.7 Å². The summed E-state index contributed by atoms with van der Waals surface area (Å²) in [5, 5.41) is 6.43. The maximum absolute atomic E-state index is 12.6. The van der Waals surface area contributed by atoms with E-state index in [-0.39, 0.29) is 16.6 Å². The number of halogens is 4. The Morgan fingerprint density at radius 3 is 2.71 bits per heavy atom. The standard InChI is InChI=1S/C12H10BrF3N4O/c1-20-6-18-10(19-20)5-17-11(21)8-4-7(12(14,15)16)2-3-9(8)13/h2-4,6H,5H2,1H3,(H,17,21). The Morgan fingerprint density at radius 2 is 2.14 bits per heavy atom. The van der Waals surface area contributed by atoms with Gasteiger partial charge in [-0.05, 0) is 34.1 Å². The molecule has 9 heteroatoms. The average Bonchev–Trinajstić information content (AvgIpc) is 2.81. The van der Waals surface area contributed by atoms with Crippen molar-refractivity contribution >= 4 is 21.8 Å². The molecule has 1 N–H and O–H groups in total. The molecule has 2 aromatic rings. The van der Waals surface area contributed by atoms with Gasteiger partial charge in [0.25, 0.3) is 5.91 Å². The molecule has 0 spiro atoms. The first-order chi connectivity index (χ1) is 9.77. The summed E-state index contributed by atoms with van der Waals surface area (Å²) in [5.41, 5.74) is -0.979. The van der Waals surface area contributed by atoms with Gasteiger partial charge in [-0.2, -0.15) is 18.3 Å². The predicted octanol–water partition coefficient (Wildman–Crippen LogP) is 2.53. The molecule has 0 aliphatic heterocycles. The first kappa shape index (κ1) is 15.5. The maximum atomic E-state index is 12.6. The third-order valence-electron chi connectivity index (χ3n) is 2.59. The van der Waals surface area contributed by atoms with Crippen LogP contribution in [0, 0.1) is 0 Å². The van der Waals surface area contributed by atoms with Crippen LogP contribution in [0.3, 0.4) is 0 Å². The molecule has 0 aliphatic rings. The second-order valence-electron chi connectivity index (χ2n) is 4.21. The fourth-order valence-electron chi connectivity index (χ4n) is 1.60. The molecule has 0 aliphatic carbocycles. The van der Waals surface area contributed by atoms with Gasteiger partial charge in [-0.3, -0.25) is 9.48 Å². The van der Waals surface area contributed by atoms with Gasteiger partial charge in [-0.1, -0.05) is 0 Å². The zero-order valence-corrected chi connectivity index (χ0v) is 12.4. The number of aromatic nitrogens is 3. The smallest absolute Gasteiger partial charge is 0.345 e. The van der Waals surface area contributed by atoms with Crippen molar-refractivity contribution in [2.24, 2.45) is 7.05 Å². The SMILES string of the molecule is Cn1cnc(CNC(=O)c2cc(C(F)(F)F)ccc2Br)n1. The Labute approximate surface area is 126 Å². The van der Waals surface area contributed by atoms with Gasteiger partial charge in [-0.15, -0.1) is 0 Å². The number of aryl methyl sites for hydroxylation is 1. The lowest BCUT2D eigenvalue weighted by Gasteiger charge is -2.10. The third kappa shape index (κ3) is 3.81. The van der Waals surface area contributed by atoms with Crippen LogP contribution in [0.1, 0.15) is 21.7 Å². The molecular formula is C12H10BrF3N4O. The molecule has 1 amide bonds. The van der Waals surface area contributed by atoms with Crippen LogP contribution >= 0.6 is 15.9 Å². The van der Waals surface area contributed by atoms with Crippen LogP contribution < -0.4 is 5.32 Å². The van der Waals surface area contributed by atoms with Gasteiger partial charge in [0, 0.05) is 11.5 Å². The topological polar surface area (TPSA) is 59.8 Å². The van der Waals surface area contributed by atoms with E-state index in [4.69, 9.17) is 0 Å². The summed E-state index contributed by atoms with van der Waals surface area (Å²) in [6.45, 7) is 0.0301. The summed E-state index contributed by atoms with van der Waals surface area (Å²) in [6.07, 6.45) is -3.04. The highest BCUT2D eigenvalue weighted by Crippen LogP contribution is 2.31. The van der Waals surface area contributed by atoms with Crippen molar-refractivity contribution in [3.05, 3.63) is 46.0 Å². The van der Waals surface area contributed by atoms with Crippen LogP contribution in [0.2, 0.25) is 0 Å². The van der Waals surface area contributed by atoms with E-state index in [1.807, 2.05) is 0 Å². The van der Waals surface area contributed by atoms with Gasteiger partial charge in [-0.25, -0.2) is 4.98 Å². The van der Waals surface area contributed by atoms with Gasteiger partial charge in [0.2, 0.25) is 0 Å². The lowest BCUT2D eigenvalue weighted by molar-refractivity contribution is -0.137. The number of nitrogens with zero attached hydrogens (tertiary/aromatic N) is 3. The number of nitrogens with one attached hydrogen (secondary N) is 1. The summed E-state index contributed by atoms with van der Waals surface area (Å²) in [6, 6.07) is 2.89. The molecule has 0 saturated carbocycles. The van der Waals surface area contributed by atoms with Crippen LogP contribution in [-0.2, 0) is 19.8 Å². The van der Waals surface area contributed by atoms with Crippen molar-refractivity contribution in [1.29, 1.82) is 0 Å². The number of carbonyl (C=O) groups excluding carboxylic acids is 1. The molecule has 1 aromatic heterocycles. The average molecular weight is 363 g/mol. The largest absolute Gasteiger partial charge is 0.416 e. The van der Waals surface area contributed by atoms with Crippen molar-refractivity contribution in [1.82, 2.24) is 20.1 Å². The number of amides is 1. The summed E-state index contributed by atoms with van der Waals surface area (Å²) in [5.74, 6) is -0.269. The number of benzene rings is 1. The molecule has 0 radical (unpaired) electrons. The lowest BCUT2D eigenvalue weighted by Crippen LogP contribution is -2.24. The van der Waals surface area contributed by atoms with Crippen LogP contribution in [0.4, 0.5) is 13.2 Å². The molecule has 112 valence electrons. The van der Waals surface area contributed by atoms with Crippen molar-refractivity contribution in [2.75, 3.05) is 0 Å². The Kier molecular flexibility index (Phi) is 4.31. The van der Waals surface area contributed by atoms with Crippen molar-refractivity contribution in [3.8, 4) is 0 Å².